The average Bonchev–Trinajstić information content (AvgIpc) is 3.11. The molecule has 1 atom stereocenters. The van der Waals surface area contributed by atoms with Crippen molar-refractivity contribution in [2.75, 3.05) is 0 Å². The van der Waals surface area contributed by atoms with Crippen LogP contribution in [0.4, 0.5) is 0 Å². The largest absolute Gasteiger partial charge is 0.392 e. The van der Waals surface area contributed by atoms with Gasteiger partial charge >= 0.3 is 11.9 Å². The molecule has 1 N–H and O–H groups in total. The SMILES string of the molecule is CCCCCCCCC=CCCCCCCCC(=O)OC(=O)C1CCC(=O)N1. The summed E-state index contributed by atoms with van der Waals surface area (Å²) in [7, 11) is 0. The summed E-state index contributed by atoms with van der Waals surface area (Å²) in [6, 6.07) is -0.648. The molecule has 1 unspecified atom stereocenters. The normalized spacial score (nSPS) is 16.5. The lowest BCUT2D eigenvalue weighted by atomic mass is 10.1. The molecule has 28 heavy (non-hydrogen) atoms. The molecule has 0 radical (unpaired) electrons. The van der Waals surface area contributed by atoms with E-state index >= 15 is 0 Å². The second-order valence-electron chi connectivity index (χ2n) is 7.79. The van der Waals surface area contributed by atoms with Crippen LogP contribution in [0.3, 0.4) is 0 Å². The first kappa shape index (κ1) is 24.4. The Labute approximate surface area is 170 Å². The standard InChI is InChI=1S/C23H39NO4/c1-2-3-4-5-6-7-8-9-10-11-12-13-14-15-16-17-22(26)28-23(27)20-18-19-21(25)24-20/h9-10,20H,2-8,11-19H2,1H3,(H,24,25). The van der Waals surface area contributed by atoms with Crippen molar-refractivity contribution in [3.8, 4) is 0 Å². The van der Waals surface area contributed by atoms with Crippen LogP contribution >= 0.6 is 0 Å². The van der Waals surface area contributed by atoms with E-state index in [0.717, 1.165) is 25.7 Å². The summed E-state index contributed by atoms with van der Waals surface area (Å²) in [5.41, 5.74) is 0. The number of allylic oxidation sites excluding steroid dienone is 2. The molecular weight excluding hydrogens is 354 g/mol. The van der Waals surface area contributed by atoms with E-state index in [9.17, 15) is 14.4 Å². The van der Waals surface area contributed by atoms with Gasteiger partial charge in [0.25, 0.3) is 0 Å². The number of amides is 1. The number of nitrogens with one attached hydrogen (secondary N) is 1. The lowest BCUT2D eigenvalue weighted by molar-refractivity contribution is -0.161. The third-order valence-corrected chi connectivity index (χ3v) is 5.14. The molecule has 1 aliphatic rings. The molecule has 160 valence electrons. The molecule has 0 aromatic carbocycles. The van der Waals surface area contributed by atoms with Crippen LogP contribution in [0.5, 0.6) is 0 Å². The predicted octanol–water partition coefficient (Wildman–Crippen LogP) is 5.37. The van der Waals surface area contributed by atoms with Crippen molar-refractivity contribution in [2.45, 2.75) is 116 Å². The number of carbonyl (C=O) groups is 3. The Kier molecular flexibility index (Phi) is 14.2. The smallest absolute Gasteiger partial charge is 0.336 e. The summed E-state index contributed by atoms with van der Waals surface area (Å²) in [6.45, 7) is 2.25. The van der Waals surface area contributed by atoms with Crippen LogP contribution < -0.4 is 5.32 Å². The summed E-state index contributed by atoms with van der Waals surface area (Å²) in [5.74, 6) is -1.26. The van der Waals surface area contributed by atoms with Crippen molar-refractivity contribution < 1.29 is 19.1 Å². The number of carbonyl (C=O) groups excluding carboxylic acids is 3. The molecule has 1 saturated heterocycles. The van der Waals surface area contributed by atoms with Gasteiger partial charge in [-0.25, -0.2) is 4.79 Å². The Morgan fingerprint density at radius 1 is 0.929 bits per heavy atom. The third kappa shape index (κ3) is 12.7. The Hall–Kier alpha value is -1.65. The van der Waals surface area contributed by atoms with Crippen LogP contribution in [-0.4, -0.2) is 23.9 Å². The topological polar surface area (TPSA) is 72.5 Å². The van der Waals surface area contributed by atoms with Crippen molar-refractivity contribution in [3.05, 3.63) is 12.2 Å². The Bertz CT molecular complexity index is 487. The van der Waals surface area contributed by atoms with Gasteiger partial charge in [-0.05, 0) is 38.5 Å². The van der Waals surface area contributed by atoms with Gasteiger partial charge in [0, 0.05) is 12.8 Å². The molecule has 1 heterocycles. The number of hydrogen-bond donors (Lipinski definition) is 1. The van der Waals surface area contributed by atoms with Gasteiger partial charge in [-0.15, -0.1) is 0 Å². The van der Waals surface area contributed by atoms with Crippen molar-refractivity contribution >= 4 is 17.8 Å². The first-order chi connectivity index (χ1) is 13.6. The van der Waals surface area contributed by atoms with E-state index in [0.29, 0.717) is 12.8 Å². The van der Waals surface area contributed by atoms with E-state index < -0.39 is 18.0 Å². The van der Waals surface area contributed by atoms with Crippen molar-refractivity contribution in [3.63, 3.8) is 0 Å². The maximum atomic E-state index is 11.7. The van der Waals surface area contributed by atoms with Crippen LogP contribution in [0.2, 0.25) is 0 Å². The highest BCUT2D eigenvalue weighted by Crippen LogP contribution is 2.12. The fourth-order valence-electron chi connectivity index (χ4n) is 3.37. The lowest BCUT2D eigenvalue weighted by Crippen LogP contribution is -2.35. The van der Waals surface area contributed by atoms with Gasteiger partial charge in [0.15, 0.2) is 0 Å². The third-order valence-electron chi connectivity index (χ3n) is 5.14. The maximum Gasteiger partial charge on any atom is 0.336 e. The summed E-state index contributed by atoms with van der Waals surface area (Å²) < 4.78 is 4.80. The molecule has 1 amide bonds. The van der Waals surface area contributed by atoms with Crippen molar-refractivity contribution in [2.24, 2.45) is 0 Å². The number of unbranched alkanes of at least 4 members (excludes halogenated alkanes) is 11. The van der Waals surface area contributed by atoms with Gasteiger partial charge < -0.3 is 10.1 Å². The van der Waals surface area contributed by atoms with Gasteiger partial charge in [-0.3, -0.25) is 9.59 Å². The fourth-order valence-corrected chi connectivity index (χ4v) is 3.37. The van der Waals surface area contributed by atoms with Crippen molar-refractivity contribution in [1.29, 1.82) is 0 Å². The molecule has 5 nitrogen and oxygen atoms in total. The number of hydrogen-bond acceptors (Lipinski definition) is 4. The monoisotopic (exact) mass is 393 g/mol. The van der Waals surface area contributed by atoms with Gasteiger partial charge in [-0.2, -0.15) is 0 Å². The minimum Gasteiger partial charge on any atom is -0.392 e. The average molecular weight is 394 g/mol. The second-order valence-corrected chi connectivity index (χ2v) is 7.79. The molecule has 0 aliphatic carbocycles. The minimum atomic E-state index is -0.648. The number of rotatable bonds is 16. The Morgan fingerprint density at radius 2 is 1.50 bits per heavy atom. The molecule has 0 aromatic heterocycles. The molecule has 0 saturated carbocycles. The molecule has 0 bridgehead atoms. The summed E-state index contributed by atoms with van der Waals surface area (Å²) in [5, 5.41) is 2.51. The highest BCUT2D eigenvalue weighted by atomic mass is 16.6. The lowest BCUT2D eigenvalue weighted by Gasteiger charge is -2.08. The summed E-state index contributed by atoms with van der Waals surface area (Å²) >= 11 is 0. The van der Waals surface area contributed by atoms with Crippen LogP contribution in [0.15, 0.2) is 12.2 Å². The van der Waals surface area contributed by atoms with E-state index in [-0.39, 0.29) is 12.3 Å². The zero-order chi connectivity index (χ0) is 20.5. The maximum absolute atomic E-state index is 11.7. The van der Waals surface area contributed by atoms with E-state index in [1.54, 1.807) is 0 Å². The van der Waals surface area contributed by atoms with Crippen LogP contribution in [-0.2, 0) is 19.1 Å². The molecular formula is C23H39NO4. The Balaban J connectivity index is 1.85. The molecule has 1 rings (SSSR count). The minimum absolute atomic E-state index is 0.161. The Morgan fingerprint density at radius 3 is 2.07 bits per heavy atom. The van der Waals surface area contributed by atoms with Gasteiger partial charge in [0.2, 0.25) is 5.91 Å². The second kappa shape index (κ2) is 16.3. The molecule has 1 fully saturated rings. The van der Waals surface area contributed by atoms with Gasteiger partial charge in [-0.1, -0.05) is 70.4 Å². The van der Waals surface area contributed by atoms with Crippen LogP contribution in [0, 0.1) is 0 Å². The predicted molar refractivity (Wildman–Crippen MR) is 112 cm³/mol. The van der Waals surface area contributed by atoms with Gasteiger partial charge in [0.05, 0.1) is 0 Å². The van der Waals surface area contributed by atoms with Gasteiger partial charge in [0.1, 0.15) is 6.04 Å². The summed E-state index contributed by atoms with van der Waals surface area (Å²) in [6.07, 6.45) is 21.3. The zero-order valence-corrected chi connectivity index (χ0v) is 17.7. The zero-order valence-electron chi connectivity index (χ0n) is 17.7. The molecule has 1 aliphatic heterocycles. The number of esters is 2. The van der Waals surface area contributed by atoms with E-state index in [4.69, 9.17) is 4.74 Å². The molecule has 0 spiro atoms. The summed E-state index contributed by atoms with van der Waals surface area (Å²) in [4.78, 5) is 34.4. The number of ether oxygens (including phenoxy) is 1. The molecule has 0 aromatic rings. The highest BCUT2D eigenvalue weighted by molar-refractivity contribution is 5.93. The first-order valence-corrected chi connectivity index (χ1v) is 11.3. The van der Waals surface area contributed by atoms with Crippen LogP contribution in [0.25, 0.3) is 0 Å². The van der Waals surface area contributed by atoms with Crippen molar-refractivity contribution in [1.82, 2.24) is 5.32 Å². The van der Waals surface area contributed by atoms with E-state index in [2.05, 4.69) is 24.4 Å². The van der Waals surface area contributed by atoms with Crippen LogP contribution in [0.1, 0.15) is 110 Å². The quantitative estimate of drug-likeness (QED) is 0.165. The fraction of sp³-hybridized carbons (Fsp3) is 0.783. The van der Waals surface area contributed by atoms with E-state index in [1.165, 1.54) is 57.8 Å². The van der Waals surface area contributed by atoms with E-state index in [1.807, 2.05) is 0 Å². The highest BCUT2D eigenvalue weighted by Gasteiger charge is 2.29. The first-order valence-electron chi connectivity index (χ1n) is 11.3. The molecule has 5 heteroatoms.